The van der Waals surface area contributed by atoms with Crippen molar-refractivity contribution >= 4 is 0 Å². The molecule has 0 aromatic carbocycles. The highest BCUT2D eigenvalue weighted by Crippen LogP contribution is 1.78. The van der Waals surface area contributed by atoms with Gasteiger partial charge in [0.25, 0.3) is 0 Å². The van der Waals surface area contributed by atoms with Crippen molar-refractivity contribution in [1.82, 2.24) is 0 Å². The molecule has 0 rings (SSSR count). The second-order valence-electron chi connectivity index (χ2n) is 1.80. The topological polar surface area (TPSA) is 75.7 Å². The minimum Gasteiger partial charge on any atom is -0.379 e. The maximum Gasteiger partial charge on any atom is 0.151 e. The summed E-state index contributed by atoms with van der Waals surface area (Å²) < 4.78 is 4.60. The van der Waals surface area contributed by atoms with Crippen molar-refractivity contribution in [3.8, 4) is 0 Å². The van der Waals surface area contributed by atoms with Crippen molar-refractivity contribution in [3.63, 3.8) is 0 Å². The number of rotatable bonds is 2. The monoisotopic (exact) mass is 151 g/mol. The summed E-state index contributed by atoms with van der Waals surface area (Å²) in [6.07, 6.45) is -1.27. The van der Waals surface area contributed by atoms with Crippen molar-refractivity contribution in [1.29, 1.82) is 0 Å². The van der Waals surface area contributed by atoms with Crippen LogP contribution in [0.5, 0.6) is 0 Å². The molecule has 0 aromatic rings. The van der Waals surface area contributed by atoms with Crippen LogP contribution < -0.4 is 5.73 Å². The summed E-state index contributed by atoms with van der Waals surface area (Å²) in [5.41, 5.74) is 4.67. The van der Waals surface area contributed by atoms with E-state index in [1.165, 1.54) is 6.92 Å². The molecule has 4 nitrogen and oxygen atoms in total. The molecule has 0 saturated heterocycles. The summed E-state index contributed by atoms with van der Waals surface area (Å²) in [6.45, 7) is 5.51. The average Bonchev–Trinajstić information content (AvgIpc) is 1.62. The first-order valence-electron chi connectivity index (χ1n) is 3.24. The summed E-state index contributed by atoms with van der Waals surface area (Å²) in [4.78, 5) is 0. The molecule has 0 aliphatic carbocycles. The van der Waals surface area contributed by atoms with Gasteiger partial charge in [-0.25, -0.2) is 0 Å². The van der Waals surface area contributed by atoms with Gasteiger partial charge in [-0.15, -0.1) is 0 Å². The predicted molar refractivity (Wildman–Crippen MR) is 39.2 cm³/mol. The Morgan fingerprint density at radius 2 is 1.70 bits per heavy atom. The fraction of sp³-hybridized carbons (Fsp3) is 1.00. The molecule has 0 aliphatic rings. The zero-order chi connectivity index (χ0) is 8.57. The van der Waals surface area contributed by atoms with Gasteiger partial charge in [-0.3, -0.25) is 0 Å². The molecule has 4 N–H and O–H groups in total. The standard InChI is InChI=1S/C4H10O2.C2H7NO/c1-3-6-4(2)5;1-2(3)4/h4-5H,3H2,1-2H3;2,4H,3H2,1H3. The third-order valence-corrected chi connectivity index (χ3v) is 0.408. The largest absolute Gasteiger partial charge is 0.379 e. The van der Waals surface area contributed by atoms with E-state index in [4.69, 9.17) is 10.2 Å². The Kier molecular flexibility index (Phi) is 11.1. The summed E-state index contributed by atoms with van der Waals surface area (Å²) in [5, 5.41) is 16.2. The van der Waals surface area contributed by atoms with E-state index in [2.05, 4.69) is 10.5 Å². The van der Waals surface area contributed by atoms with Gasteiger partial charge < -0.3 is 20.7 Å². The molecule has 0 amide bonds. The zero-order valence-corrected chi connectivity index (χ0v) is 6.74. The van der Waals surface area contributed by atoms with Gasteiger partial charge >= 0.3 is 0 Å². The summed E-state index contributed by atoms with van der Waals surface area (Å²) in [7, 11) is 0. The van der Waals surface area contributed by atoms with Gasteiger partial charge in [0.05, 0.1) is 6.23 Å². The highest BCUT2D eigenvalue weighted by Gasteiger charge is 1.85. The molecule has 0 radical (unpaired) electrons. The molecular weight excluding hydrogens is 134 g/mol. The van der Waals surface area contributed by atoms with Crippen LogP contribution in [-0.4, -0.2) is 29.3 Å². The lowest BCUT2D eigenvalue weighted by atomic mass is 10.7. The number of aliphatic hydroxyl groups is 2. The smallest absolute Gasteiger partial charge is 0.151 e. The maximum absolute atomic E-state index is 8.33. The van der Waals surface area contributed by atoms with Crippen LogP contribution >= 0.6 is 0 Å². The first-order chi connectivity index (χ1) is 4.50. The molecular formula is C6H17NO3. The lowest BCUT2D eigenvalue weighted by Crippen LogP contribution is -2.11. The molecule has 0 saturated carbocycles. The molecule has 0 aromatic heterocycles. The van der Waals surface area contributed by atoms with Crippen molar-refractivity contribution < 1.29 is 14.9 Å². The van der Waals surface area contributed by atoms with Crippen LogP contribution in [0.4, 0.5) is 0 Å². The molecule has 4 heteroatoms. The number of nitrogens with two attached hydrogens (primary N) is 1. The minimum atomic E-state index is -0.667. The number of hydrogen-bond donors (Lipinski definition) is 3. The van der Waals surface area contributed by atoms with E-state index in [9.17, 15) is 0 Å². The van der Waals surface area contributed by atoms with Crippen molar-refractivity contribution in [2.75, 3.05) is 6.61 Å². The van der Waals surface area contributed by atoms with Gasteiger partial charge in [-0.2, -0.15) is 0 Å². The summed E-state index contributed by atoms with van der Waals surface area (Å²) in [5.74, 6) is 0. The van der Waals surface area contributed by atoms with Crippen LogP contribution in [0, 0.1) is 0 Å². The van der Waals surface area contributed by atoms with E-state index in [-0.39, 0.29) is 0 Å². The molecule has 0 aliphatic heterocycles. The third-order valence-electron chi connectivity index (χ3n) is 0.408. The Morgan fingerprint density at radius 1 is 1.40 bits per heavy atom. The first kappa shape index (κ1) is 12.5. The first-order valence-corrected chi connectivity index (χ1v) is 3.24. The predicted octanol–water partition coefficient (Wildman–Crippen LogP) is -0.355. The molecule has 0 bridgehead atoms. The second-order valence-corrected chi connectivity index (χ2v) is 1.80. The highest BCUT2D eigenvalue weighted by molar-refractivity contribution is 4.17. The highest BCUT2D eigenvalue weighted by atomic mass is 16.6. The van der Waals surface area contributed by atoms with Gasteiger partial charge in [0.2, 0.25) is 0 Å². The van der Waals surface area contributed by atoms with E-state index in [0.717, 1.165) is 0 Å². The van der Waals surface area contributed by atoms with Gasteiger partial charge in [0, 0.05) is 6.61 Å². The van der Waals surface area contributed by atoms with Crippen LogP contribution in [0.2, 0.25) is 0 Å². The lowest BCUT2D eigenvalue weighted by molar-refractivity contribution is -0.0800. The molecule has 10 heavy (non-hydrogen) atoms. The SMILES string of the molecule is CC(N)O.CCOC(C)O. The van der Waals surface area contributed by atoms with Gasteiger partial charge in [-0.05, 0) is 20.8 Å². The second kappa shape index (κ2) is 8.84. The zero-order valence-electron chi connectivity index (χ0n) is 6.74. The minimum absolute atomic E-state index is 0.581. The van der Waals surface area contributed by atoms with Crippen LogP contribution in [0.25, 0.3) is 0 Å². The Morgan fingerprint density at radius 3 is 1.70 bits per heavy atom. The molecule has 2 unspecified atom stereocenters. The van der Waals surface area contributed by atoms with Crippen molar-refractivity contribution in [2.24, 2.45) is 5.73 Å². The third kappa shape index (κ3) is 45.5. The molecule has 0 spiro atoms. The van der Waals surface area contributed by atoms with Gasteiger partial charge in [0.15, 0.2) is 6.29 Å². The molecule has 0 fully saturated rings. The van der Waals surface area contributed by atoms with Crippen LogP contribution in [0.1, 0.15) is 20.8 Å². The lowest BCUT2D eigenvalue weighted by Gasteiger charge is -1.99. The van der Waals surface area contributed by atoms with Crippen LogP contribution in [0.15, 0.2) is 0 Å². The van der Waals surface area contributed by atoms with E-state index in [0.29, 0.717) is 6.61 Å². The fourth-order valence-corrected chi connectivity index (χ4v) is 0.241. The Labute approximate surface area is 61.6 Å². The molecule has 2 atom stereocenters. The number of aliphatic hydroxyl groups excluding tert-OH is 2. The Balaban J connectivity index is 0. The van der Waals surface area contributed by atoms with Gasteiger partial charge in [-0.1, -0.05) is 0 Å². The normalized spacial score (nSPS) is 15.0. The van der Waals surface area contributed by atoms with Crippen molar-refractivity contribution in [3.05, 3.63) is 0 Å². The quantitative estimate of drug-likeness (QED) is 0.471. The Hall–Kier alpha value is -0.160. The van der Waals surface area contributed by atoms with E-state index >= 15 is 0 Å². The Bertz CT molecular complexity index is 54.2. The molecule has 0 heterocycles. The summed E-state index contributed by atoms with van der Waals surface area (Å²) in [6, 6.07) is 0. The van der Waals surface area contributed by atoms with E-state index in [1.54, 1.807) is 6.92 Å². The number of hydrogen-bond acceptors (Lipinski definition) is 4. The number of ether oxygens (including phenoxy) is 1. The van der Waals surface area contributed by atoms with Crippen molar-refractivity contribution in [2.45, 2.75) is 33.3 Å². The summed E-state index contributed by atoms with van der Waals surface area (Å²) >= 11 is 0. The fourth-order valence-electron chi connectivity index (χ4n) is 0.241. The van der Waals surface area contributed by atoms with Crippen LogP contribution in [-0.2, 0) is 4.74 Å². The van der Waals surface area contributed by atoms with E-state index < -0.39 is 12.5 Å². The van der Waals surface area contributed by atoms with E-state index in [1.807, 2.05) is 6.92 Å². The van der Waals surface area contributed by atoms with Crippen LogP contribution in [0.3, 0.4) is 0 Å². The molecule has 64 valence electrons. The van der Waals surface area contributed by atoms with Gasteiger partial charge in [0.1, 0.15) is 0 Å². The average molecular weight is 151 g/mol. The maximum atomic E-state index is 8.33.